The fourth-order valence-corrected chi connectivity index (χ4v) is 3.28. The lowest BCUT2D eigenvalue weighted by atomic mass is 9.70. The Balaban J connectivity index is 2.11. The highest BCUT2D eigenvalue weighted by molar-refractivity contribution is 9.10. The van der Waals surface area contributed by atoms with Gasteiger partial charge < -0.3 is 5.73 Å². The van der Waals surface area contributed by atoms with Gasteiger partial charge >= 0.3 is 0 Å². The van der Waals surface area contributed by atoms with Gasteiger partial charge in [0.2, 0.25) is 0 Å². The van der Waals surface area contributed by atoms with Crippen molar-refractivity contribution in [3.63, 3.8) is 0 Å². The molecule has 1 aromatic rings. The van der Waals surface area contributed by atoms with Crippen LogP contribution < -0.4 is 5.73 Å². The van der Waals surface area contributed by atoms with Crippen LogP contribution in [-0.2, 0) is 6.42 Å². The Morgan fingerprint density at radius 1 is 1.19 bits per heavy atom. The summed E-state index contributed by atoms with van der Waals surface area (Å²) in [7, 11) is 0. The largest absolute Gasteiger partial charge is 0.330 e. The van der Waals surface area contributed by atoms with E-state index in [2.05, 4.69) is 40.2 Å². The molecule has 2 N–H and O–H groups in total. The quantitative estimate of drug-likeness (QED) is 0.894. The fraction of sp³-hybridized carbons (Fsp3) is 0.571. The number of benzene rings is 1. The predicted octanol–water partition coefficient (Wildman–Crippen LogP) is 3.90. The number of nitrogens with two attached hydrogens (primary N) is 1. The van der Waals surface area contributed by atoms with Gasteiger partial charge in [-0.05, 0) is 48.9 Å². The molecule has 0 radical (unpaired) electrons. The first-order valence-corrected chi connectivity index (χ1v) is 6.98. The summed E-state index contributed by atoms with van der Waals surface area (Å²) < 4.78 is 1.17. The monoisotopic (exact) mass is 281 g/mol. The standard InChI is InChI=1S/C14H20BrN/c15-13-6-4-5-12(9-13)10-14(11-16)7-2-1-3-8-14/h4-6,9H,1-3,7-8,10-11,16H2. The first-order valence-electron chi connectivity index (χ1n) is 6.19. The van der Waals surface area contributed by atoms with E-state index in [0.29, 0.717) is 5.41 Å². The summed E-state index contributed by atoms with van der Waals surface area (Å²) in [5, 5.41) is 0. The van der Waals surface area contributed by atoms with Crippen LogP contribution in [0, 0.1) is 5.41 Å². The van der Waals surface area contributed by atoms with Gasteiger partial charge in [-0.1, -0.05) is 47.3 Å². The molecule has 0 saturated heterocycles. The van der Waals surface area contributed by atoms with Crippen molar-refractivity contribution in [2.75, 3.05) is 6.54 Å². The van der Waals surface area contributed by atoms with E-state index >= 15 is 0 Å². The van der Waals surface area contributed by atoms with E-state index < -0.39 is 0 Å². The van der Waals surface area contributed by atoms with E-state index in [1.807, 2.05) is 0 Å². The SMILES string of the molecule is NCC1(Cc2cccc(Br)c2)CCCCC1. The zero-order chi connectivity index (χ0) is 11.4. The topological polar surface area (TPSA) is 26.0 Å². The molecule has 0 unspecified atom stereocenters. The van der Waals surface area contributed by atoms with Crippen LogP contribution in [0.3, 0.4) is 0 Å². The molecule has 0 aliphatic heterocycles. The Morgan fingerprint density at radius 3 is 2.56 bits per heavy atom. The molecule has 16 heavy (non-hydrogen) atoms. The van der Waals surface area contributed by atoms with E-state index in [-0.39, 0.29) is 0 Å². The lowest BCUT2D eigenvalue weighted by Gasteiger charge is -2.36. The molecule has 1 nitrogen and oxygen atoms in total. The average molecular weight is 282 g/mol. The summed E-state index contributed by atoms with van der Waals surface area (Å²) in [5.74, 6) is 0. The Labute approximate surface area is 107 Å². The zero-order valence-electron chi connectivity index (χ0n) is 9.71. The van der Waals surface area contributed by atoms with Crippen LogP contribution in [0.1, 0.15) is 37.7 Å². The van der Waals surface area contributed by atoms with Gasteiger partial charge in [0.1, 0.15) is 0 Å². The summed E-state index contributed by atoms with van der Waals surface area (Å²) in [6.45, 7) is 0.833. The molecular weight excluding hydrogens is 262 g/mol. The zero-order valence-corrected chi connectivity index (χ0v) is 11.3. The van der Waals surface area contributed by atoms with Gasteiger partial charge in [-0.2, -0.15) is 0 Å². The molecule has 1 aliphatic rings. The summed E-state index contributed by atoms with van der Waals surface area (Å²) >= 11 is 3.54. The summed E-state index contributed by atoms with van der Waals surface area (Å²) in [5.41, 5.74) is 7.80. The van der Waals surface area contributed by atoms with Crippen LogP contribution >= 0.6 is 15.9 Å². The number of hydrogen-bond donors (Lipinski definition) is 1. The van der Waals surface area contributed by atoms with Crippen molar-refractivity contribution >= 4 is 15.9 Å². The maximum atomic E-state index is 6.01. The highest BCUT2D eigenvalue weighted by Crippen LogP contribution is 2.38. The minimum atomic E-state index is 0.374. The van der Waals surface area contributed by atoms with Gasteiger partial charge in [0.05, 0.1) is 0 Å². The van der Waals surface area contributed by atoms with Gasteiger partial charge in [0, 0.05) is 4.47 Å². The minimum Gasteiger partial charge on any atom is -0.330 e. The third-order valence-corrected chi connectivity index (χ3v) is 4.31. The van der Waals surface area contributed by atoms with Crippen molar-refractivity contribution in [1.82, 2.24) is 0 Å². The van der Waals surface area contributed by atoms with Gasteiger partial charge in [0.25, 0.3) is 0 Å². The molecule has 88 valence electrons. The Morgan fingerprint density at radius 2 is 1.94 bits per heavy atom. The van der Waals surface area contributed by atoms with Crippen LogP contribution in [0.25, 0.3) is 0 Å². The molecule has 1 aromatic carbocycles. The van der Waals surface area contributed by atoms with Gasteiger partial charge in [-0.3, -0.25) is 0 Å². The van der Waals surface area contributed by atoms with E-state index in [4.69, 9.17) is 5.73 Å². The van der Waals surface area contributed by atoms with Crippen LogP contribution in [0.5, 0.6) is 0 Å². The second-order valence-electron chi connectivity index (χ2n) is 5.07. The normalized spacial score (nSPS) is 19.6. The smallest absolute Gasteiger partial charge is 0.0177 e. The molecule has 0 heterocycles. The molecule has 2 rings (SSSR count). The van der Waals surface area contributed by atoms with Crippen molar-refractivity contribution in [1.29, 1.82) is 0 Å². The van der Waals surface area contributed by atoms with Crippen LogP contribution in [0.2, 0.25) is 0 Å². The van der Waals surface area contributed by atoms with E-state index in [9.17, 15) is 0 Å². The molecular formula is C14H20BrN. The van der Waals surface area contributed by atoms with Gasteiger partial charge in [-0.25, -0.2) is 0 Å². The summed E-state index contributed by atoms with van der Waals surface area (Å²) in [6.07, 6.45) is 7.84. The molecule has 0 amide bonds. The molecule has 1 fully saturated rings. The molecule has 0 aromatic heterocycles. The lowest BCUT2D eigenvalue weighted by Crippen LogP contribution is -2.34. The lowest BCUT2D eigenvalue weighted by molar-refractivity contribution is 0.197. The number of halogens is 1. The highest BCUT2D eigenvalue weighted by Gasteiger charge is 2.30. The molecule has 0 atom stereocenters. The fourth-order valence-electron chi connectivity index (χ4n) is 2.83. The Bertz CT molecular complexity index is 342. The van der Waals surface area contributed by atoms with E-state index in [1.54, 1.807) is 0 Å². The molecule has 2 heteroatoms. The van der Waals surface area contributed by atoms with Crippen LogP contribution in [0.4, 0.5) is 0 Å². The second-order valence-corrected chi connectivity index (χ2v) is 5.99. The maximum absolute atomic E-state index is 6.01. The van der Waals surface area contributed by atoms with Crippen molar-refractivity contribution in [2.24, 2.45) is 11.1 Å². The molecule has 1 aliphatic carbocycles. The van der Waals surface area contributed by atoms with Crippen molar-refractivity contribution in [3.05, 3.63) is 34.3 Å². The first kappa shape index (κ1) is 12.1. The highest BCUT2D eigenvalue weighted by atomic mass is 79.9. The summed E-state index contributed by atoms with van der Waals surface area (Å²) in [6, 6.07) is 8.65. The number of rotatable bonds is 3. The maximum Gasteiger partial charge on any atom is 0.0177 e. The van der Waals surface area contributed by atoms with Crippen molar-refractivity contribution < 1.29 is 0 Å². The van der Waals surface area contributed by atoms with Crippen molar-refractivity contribution in [3.8, 4) is 0 Å². The predicted molar refractivity (Wildman–Crippen MR) is 72.4 cm³/mol. The van der Waals surface area contributed by atoms with E-state index in [0.717, 1.165) is 13.0 Å². The molecule has 0 spiro atoms. The summed E-state index contributed by atoms with van der Waals surface area (Å²) in [4.78, 5) is 0. The average Bonchev–Trinajstić information content (AvgIpc) is 2.30. The van der Waals surface area contributed by atoms with E-state index in [1.165, 1.54) is 42.1 Å². The Hall–Kier alpha value is -0.340. The van der Waals surface area contributed by atoms with Crippen molar-refractivity contribution in [2.45, 2.75) is 38.5 Å². The molecule has 0 bridgehead atoms. The third kappa shape index (κ3) is 2.86. The third-order valence-electron chi connectivity index (χ3n) is 3.82. The van der Waals surface area contributed by atoms with Crippen LogP contribution in [0.15, 0.2) is 28.7 Å². The first-order chi connectivity index (χ1) is 7.74. The Kier molecular flexibility index (Phi) is 4.04. The minimum absolute atomic E-state index is 0.374. The van der Waals surface area contributed by atoms with Crippen LogP contribution in [-0.4, -0.2) is 6.54 Å². The van der Waals surface area contributed by atoms with Gasteiger partial charge in [0.15, 0.2) is 0 Å². The molecule has 1 saturated carbocycles. The van der Waals surface area contributed by atoms with Gasteiger partial charge in [-0.15, -0.1) is 0 Å². The number of hydrogen-bond acceptors (Lipinski definition) is 1. The second kappa shape index (κ2) is 5.33.